The molecule has 1 saturated heterocycles. The summed E-state index contributed by atoms with van der Waals surface area (Å²) in [4.78, 5) is 38.2. The first kappa shape index (κ1) is 19.4. The normalized spacial score (nSPS) is 15.8. The number of anilines is 1. The molecule has 7 nitrogen and oxygen atoms in total. The minimum absolute atomic E-state index is 0.00735. The zero-order valence-corrected chi connectivity index (χ0v) is 15.9. The highest BCUT2D eigenvalue weighted by molar-refractivity contribution is 6.39. The van der Waals surface area contributed by atoms with Crippen molar-refractivity contribution in [3.8, 4) is 11.5 Å². The molecule has 1 aliphatic rings. The van der Waals surface area contributed by atoms with Crippen molar-refractivity contribution < 1.29 is 24.2 Å². The van der Waals surface area contributed by atoms with Crippen LogP contribution in [-0.4, -0.2) is 29.6 Å². The molecule has 144 valence electrons. The van der Waals surface area contributed by atoms with Crippen LogP contribution in [0.5, 0.6) is 11.5 Å². The molecule has 0 atom stereocenters. The quantitative estimate of drug-likeness (QED) is 0.605. The minimum Gasteiger partial charge on any atom is -0.503 e. The summed E-state index contributed by atoms with van der Waals surface area (Å²) in [6, 6.07) is 8.75. The lowest BCUT2D eigenvalue weighted by molar-refractivity contribution is -0.122. The topological polar surface area (TPSA) is 95.9 Å². The fourth-order valence-corrected chi connectivity index (χ4v) is 2.91. The first-order valence-electron chi connectivity index (χ1n) is 8.45. The molecule has 0 saturated carbocycles. The van der Waals surface area contributed by atoms with Crippen molar-refractivity contribution in [2.24, 2.45) is 0 Å². The second-order valence-corrected chi connectivity index (χ2v) is 6.48. The average molecular weight is 401 g/mol. The Morgan fingerprint density at radius 1 is 1.18 bits per heavy atom. The summed E-state index contributed by atoms with van der Waals surface area (Å²) in [5.74, 6) is -1.70. The standard InChI is InChI=1S/C20H17ClN2O5/c1-3-28-16-10-12(9-15(21)17(16)24)8-14-18(25)22-20(27)23(19(14)26)13-6-4-11(2)5-7-13/h4-10,24H,3H2,1-2H3,(H,22,25,27)/b14-8+. The molecule has 2 N–H and O–H groups in total. The fraction of sp³-hybridized carbons (Fsp3) is 0.150. The van der Waals surface area contributed by atoms with Crippen LogP contribution in [-0.2, 0) is 9.59 Å². The number of aromatic hydroxyl groups is 1. The number of phenolic OH excluding ortho intramolecular Hbond substituents is 1. The van der Waals surface area contributed by atoms with Crippen molar-refractivity contribution in [2.45, 2.75) is 13.8 Å². The smallest absolute Gasteiger partial charge is 0.335 e. The maximum Gasteiger partial charge on any atom is 0.335 e. The van der Waals surface area contributed by atoms with Gasteiger partial charge in [0.15, 0.2) is 11.5 Å². The van der Waals surface area contributed by atoms with E-state index in [9.17, 15) is 19.5 Å². The van der Waals surface area contributed by atoms with Gasteiger partial charge in [-0.3, -0.25) is 14.9 Å². The molecule has 0 bridgehead atoms. The van der Waals surface area contributed by atoms with Crippen LogP contribution in [0.4, 0.5) is 10.5 Å². The van der Waals surface area contributed by atoms with E-state index in [-0.39, 0.29) is 22.1 Å². The highest BCUT2D eigenvalue weighted by Gasteiger charge is 2.36. The van der Waals surface area contributed by atoms with Gasteiger partial charge in [0.05, 0.1) is 17.3 Å². The number of phenols is 1. The number of amides is 4. The Labute approximate surface area is 166 Å². The van der Waals surface area contributed by atoms with Crippen LogP contribution < -0.4 is 15.0 Å². The molecule has 2 aromatic carbocycles. The van der Waals surface area contributed by atoms with Gasteiger partial charge in [0.25, 0.3) is 11.8 Å². The van der Waals surface area contributed by atoms with E-state index < -0.39 is 17.8 Å². The Kier molecular flexibility index (Phi) is 5.37. The average Bonchev–Trinajstić information content (AvgIpc) is 2.64. The lowest BCUT2D eigenvalue weighted by Crippen LogP contribution is -2.54. The van der Waals surface area contributed by atoms with Crippen molar-refractivity contribution in [1.82, 2.24) is 5.32 Å². The van der Waals surface area contributed by atoms with Crippen LogP contribution >= 0.6 is 11.6 Å². The Morgan fingerprint density at radius 2 is 1.86 bits per heavy atom. The molecule has 8 heteroatoms. The third-order valence-electron chi connectivity index (χ3n) is 4.06. The number of carbonyl (C=O) groups is 3. The predicted molar refractivity (Wildman–Crippen MR) is 104 cm³/mol. The monoisotopic (exact) mass is 400 g/mol. The van der Waals surface area contributed by atoms with Gasteiger partial charge in [-0.05, 0) is 49.8 Å². The van der Waals surface area contributed by atoms with Gasteiger partial charge in [0.1, 0.15) is 5.57 Å². The van der Waals surface area contributed by atoms with Crippen molar-refractivity contribution >= 4 is 41.2 Å². The van der Waals surface area contributed by atoms with Gasteiger partial charge in [-0.1, -0.05) is 29.3 Å². The second-order valence-electron chi connectivity index (χ2n) is 6.08. The molecule has 0 radical (unpaired) electrons. The number of benzene rings is 2. The van der Waals surface area contributed by atoms with E-state index in [2.05, 4.69) is 5.32 Å². The van der Waals surface area contributed by atoms with Gasteiger partial charge in [-0.25, -0.2) is 9.69 Å². The van der Waals surface area contributed by atoms with Crippen LogP contribution in [0.15, 0.2) is 42.0 Å². The number of rotatable bonds is 4. The maximum atomic E-state index is 12.9. The molecule has 4 amide bonds. The molecule has 0 aromatic heterocycles. The molecule has 0 aliphatic carbocycles. The zero-order valence-electron chi connectivity index (χ0n) is 15.2. The molecule has 1 fully saturated rings. The van der Waals surface area contributed by atoms with Crippen molar-refractivity contribution in [1.29, 1.82) is 0 Å². The van der Waals surface area contributed by atoms with Crippen LogP contribution in [0, 0.1) is 6.92 Å². The Bertz CT molecular complexity index is 998. The van der Waals surface area contributed by atoms with Crippen LogP contribution in [0.25, 0.3) is 6.08 Å². The predicted octanol–water partition coefficient (Wildman–Crippen LogP) is 3.42. The van der Waals surface area contributed by atoms with Gasteiger partial charge in [0, 0.05) is 0 Å². The van der Waals surface area contributed by atoms with E-state index in [0.717, 1.165) is 10.5 Å². The molecule has 3 rings (SSSR count). The van der Waals surface area contributed by atoms with Crippen LogP contribution in [0.3, 0.4) is 0 Å². The number of imide groups is 2. The SMILES string of the molecule is CCOc1cc(/C=C2\C(=O)NC(=O)N(c3ccc(C)cc3)C2=O)cc(Cl)c1O. The highest BCUT2D eigenvalue weighted by Crippen LogP contribution is 2.36. The lowest BCUT2D eigenvalue weighted by Gasteiger charge is -2.26. The number of nitrogens with zero attached hydrogens (tertiary/aromatic N) is 1. The van der Waals surface area contributed by atoms with Crippen molar-refractivity contribution in [3.05, 3.63) is 58.1 Å². The number of aryl methyl sites for hydroxylation is 1. The van der Waals surface area contributed by atoms with Crippen LogP contribution in [0.2, 0.25) is 5.02 Å². The molecule has 1 heterocycles. The maximum absolute atomic E-state index is 12.9. The van der Waals surface area contributed by atoms with Gasteiger partial charge < -0.3 is 9.84 Å². The van der Waals surface area contributed by atoms with Crippen molar-refractivity contribution in [3.63, 3.8) is 0 Å². The number of urea groups is 1. The van der Waals surface area contributed by atoms with Crippen LogP contribution in [0.1, 0.15) is 18.1 Å². The molecule has 2 aromatic rings. The number of hydrogen-bond acceptors (Lipinski definition) is 5. The number of nitrogens with one attached hydrogen (secondary N) is 1. The molecule has 1 aliphatic heterocycles. The van der Waals surface area contributed by atoms with Gasteiger partial charge in [0.2, 0.25) is 0 Å². The third kappa shape index (κ3) is 3.70. The van der Waals surface area contributed by atoms with E-state index in [0.29, 0.717) is 17.9 Å². The fourth-order valence-electron chi connectivity index (χ4n) is 2.70. The second kappa shape index (κ2) is 7.74. The van der Waals surface area contributed by atoms with Gasteiger partial charge >= 0.3 is 6.03 Å². The van der Waals surface area contributed by atoms with Gasteiger partial charge in [-0.2, -0.15) is 0 Å². The zero-order chi connectivity index (χ0) is 20.4. The minimum atomic E-state index is -0.824. The summed E-state index contributed by atoms with van der Waals surface area (Å²) in [6.45, 7) is 3.90. The number of barbiturate groups is 1. The van der Waals surface area contributed by atoms with Gasteiger partial charge in [-0.15, -0.1) is 0 Å². The number of halogens is 1. The van der Waals surface area contributed by atoms with E-state index in [1.165, 1.54) is 18.2 Å². The molecule has 28 heavy (non-hydrogen) atoms. The largest absolute Gasteiger partial charge is 0.503 e. The molecular weight excluding hydrogens is 384 g/mol. The summed E-state index contributed by atoms with van der Waals surface area (Å²) in [5, 5.41) is 12.1. The molecule has 0 spiro atoms. The van der Waals surface area contributed by atoms with E-state index >= 15 is 0 Å². The summed E-state index contributed by atoms with van der Waals surface area (Å²) in [5.41, 5.74) is 1.42. The number of hydrogen-bond donors (Lipinski definition) is 2. The Morgan fingerprint density at radius 3 is 2.50 bits per heavy atom. The summed E-state index contributed by atoms with van der Waals surface area (Å²) in [6.07, 6.45) is 1.29. The van der Waals surface area contributed by atoms with E-state index in [1.54, 1.807) is 31.2 Å². The van der Waals surface area contributed by atoms with E-state index in [1.807, 2.05) is 6.92 Å². The molecule has 0 unspecified atom stereocenters. The summed E-state index contributed by atoms with van der Waals surface area (Å²) >= 11 is 6.00. The lowest BCUT2D eigenvalue weighted by atomic mass is 10.1. The molecular formula is C20H17ClN2O5. The van der Waals surface area contributed by atoms with E-state index in [4.69, 9.17) is 16.3 Å². The number of carbonyl (C=O) groups excluding carboxylic acids is 3. The van der Waals surface area contributed by atoms with Crippen molar-refractivity contribution in [2.75, 3.05) is 11.5 Å². The highest BCUT2D eigenvalue weighted by atomic mass is 35.5. The summed E-state index contributed by atoms with van der Waals surface area (Å²) in [7, 11) is 0. The Balaban J connectivity index is 2.03. The third-order valence-corrected chi connectivity index (χ3v) is 4.34. The summed E-state index contributed by atoms with van der Waals surface area (Å²) < 4.78 is 5.31. The Hall–Kier alpha value is -3.32. The first-order chi connectivity index (χ1) is 13.3. The number of ether oxygens (including phenoxy) is 1. The first-order valence-corrected chi connectivity index (χ1v) is 8.83.